The lowest BCUT2D eigenvalue weighted by Gasteiger charge is -2.07. The predicted octanol–water partition coefficient (Wildman–Crippen LogP) is 1.81. The lowest BCUT2D eigenvalue weighted by molar-refractivity contribution is 0.266. The zero-order valence-corrected chi connectivity index (χ0v) is 8.28. The van der Waals surface area contributed by atoms with Gasteiger partial charge in [-0.05, 0) is 31.4 Å². The van der Waals surface area contributed by atoms with Gasteiger partial charge in [0.1, 0.15) is 5.75 Å². The Kier molecular flexibility index (Phi) is 4.86. The average molecular weight is 195 g/mol. The highest BCUT2D eigenvalue weighted by Gasteiger charge is 1.97. The molecule has 0 aliphatic rings. The number of hydrogen-bond acceptors (Lipinski definition) is 3. The largest absolute Gasteiger partial charge is 0.491 e. The van der Waals surface area contributed by atoms with E-state index >= 15 is 0 Å². The Morgan fingerprint density at radius 2 is 1.93 bits per heavy atom. The topological polar surface area (TPSA) is 55.5 Å². The Balaban J connectivity index is 2.21. The average Bonchev–Trinajstić information content (AvgIpc) is 2.20. The lowest BCUT2D eigenvalue weighted by Crippen LogP contribution is -2.00. The minimum Gasteiger partial charge on any atom is -0.491 e. The Morgan fingerprint density at radius 3 is 2.64 bits per heavy atom. The van der Waals surface area contributed by atoms with Gasteiger partial charge in [-0.2, -0.15) is 0 Å². The van der Waals surface area contributed by atoms with Gasteiger partial charge in [0, 0.05) is 6.61 Å². The minimum atomic E-state index is 0.257. The van der Waals surface area contributed by atoms with E-state index in [9.17, 15) is 0 Å². The molecule has 3 nitrogen and oxygen atoms in total. The molecule has 1 rings (SSSR count). The predicted molar refractivity (Wildman–Crippen MR) is 57.3 cm³/mol. The van der Waals surface area contributed by atoms with Crippen molar-refractivity contribution in [2.45, 2.75) is 19.3 Å². The maximum atomic E-state index is 8.57. The lowest BCUT2D eigenvalue weighted by atomic mass is 10.2. The van der Waals surface area contributed by atoms with E-state index in [4.69, 9.17) is 15.6 Å². The zero-order chi connectivity index (χ0) is 10.2. The molecule has 0 aliphatic carbocycles. The molecule has 3 heteroatoms. The third-order valence-corrected chi connectivity index (χ3v) is 1.98. The number of benzene rings is 1. The molecular formula is C11H17NO2. The number of nitrogens with two attached hydrogens (primary N) is 1. The van der Waals surface area contributed by atoms with Crippen molar-refractivity contribution in [3.05, 3.63) is 24.3 Å². The summed E-state index contributed by atoms with van der Waals surface area (Å²) in [5.74, 6) is 0.747. The Bertz CT molecular complexity index is 263. The highest BCUT2D eigenvalue weighted by molar-refractivity contribution is 5.51. The summed E-state index contributed by atoms with van der Waals surface area (Å²) in [5.41, 5.74) is 6.37. The molecule has 1 aromatic carbocycles. The second-order valence-electron chi connectivity index (χ2n) is 3.17. The van der Waals surface area contributed by atoms with Gasteiger partial charge in [-0.1, -0.05) is 12.1 Å². The fourth-order valence-corrected chi connectivity index (χ4v) is 1.18. The Hall–Kier alpha value is -1.22. The van der Waals surface area contributed by atoms with E-state index in [-0.39, 0.29) is 6.61 Å². The highest BCUT2D eigenvalue weighted by Crippen LogP contribution is 2.19. The van der Waals surface area contributed by atoms with E-state index < -0.39 is 0 Å². The van der Waals surface area contributed by atoms with Crippen LogP contribution in [0.4, 0.5) is 5.69 Å². The summed E-state index contributed by atoms with van der Waals surface area (Å²) in [6.07, 6.45) is 2.78. The number of para-hydroxylation sites is 2. The third-order valence-electron chi connectivity index (χ3n) is 1.98. The van der Waals surface area contributed by atoms with Crippen LogP contribution in [0.25, 0.3) is 0 Å². The first-order valence-corrected chi connectivity index (χ1v) is 4.93. The standard InChI is InChI=1S/C11H17NO2/c12-10-6-2-3-7-11(10)14-9-5-1-4-8-13/h2-3,6-7,13H,1,4-5,8-9,12H2. The molecule has 3 N–H and O–H groups in total. The van der Waals surface area contributed by atoms with Crippen molar-refractivity contribution < 1.29 is 9.84 Å². The quantitative estimate of drug-likeness (QED) is 0.537. The van der Waals surface area contributed by atoms with Crippen molar-refractivity contribution in [1.29, 1.82) is 0 Å². The first-order chi connectivity index (χ1) is 6.84. The molecule has 0 saturated carbocycles. The summed E-state index contributed by atoms with van der Waals surface area (Å²) in [4.78, 5) is 0. The Labute approximate surface area is 84.5 Å². The molecule has 0 heterocycles. The van der Waals surface area contributed by atoms with Crippen LogP contribution in [-0.2, 0) is 0 Å². The van der Waals surface area contributed by atoms with Crippen molar-refractivity contribution in [3.8, 4) is 5.75 Å². The molecule has 78 valence electrons. The molecule has 0 bridgehead atoms. The van der Waals surface area contributed by atoms with Gasteiger partial charge in [0.15, 0.2) is 0 Å². The van der Waals surface area contributed by atoms with Gasteiger partial charge in [-0.3, -0.25) is 0 Å². The fourth-order valence-electron chi connectivity index (χ4n) is 1.18. The first kappa shape index (κ1) is 10.9. The molecule has 0 saturated heterocycles. The third kappa shape index (κ3) is 3.66. The van der Waals surface area contributed by atoms with Crippen LogP contribution in [0.1, 0.15) is 19.3 Å². The van der Waals surface area contributed by atoms with Gasteiger partial charge in [0.05, 0.1) is 12.3 Å². The summed E-state index contributed by atoms with van der Waals surface area (Å²) in [6, 6.07) is 7.47. The van der Waals surface area contributed by atoms with Crippen molar-refractivity contribution in [1.82, 2.24) is 0 Å². The second-order valence-corrected chi connectivity index (χ2v) is 3.17. The monoisotopic (exact) mass is 195 g/mol. The number of ether oxygens (including phenoxy) is 1. The molecule has 0 fully saturated rings. The number of unbranched alkanes of at least 4 members (excludes halogenated alkanes) is 2. The minimum absolute atomic E-state index is 0.257. The van der Waals surface area contributed by atoms with Crippen LogP contribution in [0.2, 0.25) is 0 Å². The highest BCUT2D eigenvalue weighted by atomic mass is 16.5. The van der Waals surface area contributed by atoms with Crippen LogP contribution in [0.5, 0.6) is 5.75 Å². The van der Waals surface area contributed by atoms with Gasteiger partial charge in [-0.15, -0.1) is 0 Å². The molecular weight excluding hydrogens is 178 g/mol. The summed E-state index contributed by atoms with van der Waals surface area (Å²) in [6.45, 7) is 0.918. The van der Waals surface area contributed by atoms with E-state index in [0.29, 0.717) is 12.3 Å². The second kappa shape index (κ2) is 6.27. The van der Waals surface area contributed by atoms with Crippen LogP contribution >= 0.6 is 0 Å². The van der Waals surface area contributed by atoms with Crippen molar-refractivity contribution in [2.24, 2.45) is 0 Å². The smallest absolute Gasteiger partial charge is 0.142 e. The Morgan fingerprint density at radius 1 is 1.14 bits per heavy atom. The summed E-state index contributed by atoms with van der Waals surface area (Å²) in [5, 5.41) is 8.57. The number of aliphatic hydroxyl groups is 1. The number of nitrogen functional groups attached to an aromatic ring is 1. The molecule has 0 atom stereocenters. The van der Waals surface area contributed by atoms with Crippen LogP contribution in [0, 0.1) is 0 Å². The van der Waals surface area contributed by atoms with Crippen LogP contribution in [0.15, 0.2) is 24.3 Å². The maximum Gasteiger partial charge on any atom is 0.142 e. The fraction of sp³-hybridized carbons (Fsp3) is 0.455. The molecule has 14 heavy (non-hydrogen) atoms. The normalized spacial score (nSPS) is 10.1. The van der Waals surface area contributed by atoms with Gasteiger partial charge in [0.2, 0.25) is 0 Å². The first-order valence-electron chi connectivity index (χ1n) is 4.93. The molecule has 0 unspecified atom stereocenters. The molecule has 1 aromatic rings. The van der Waals surface area contributed by atoms with Gasteiger partial charge in [0.25, 0.3) is 0 Å². The number of rotatable bonds is 6. The van der Waals surface area contributed by atoms with E-state index in [1.807, 2.05) is 24.3 Å². The van der Waals surface area contributed by atoms with Gasteiger partial charge >= 0.3 is 0 Å². The van der Waals surface area contributed by atoms with Crippen LogP contribution < -0.4 is 10.5 Å². The molecule has 0 amide bonds. The van der Waals surface area contributed by atoms with Crippen molar-refractivity contribution >= 4 is 5.69 Å². The molecule has 0 aromatic heterocycles. The molecule has 0 spiro atoms. The van der Waals surface area contributed by atoms with Gasteiger partial charge < -0.3 is 15.6 Å². The van der Waals surface area contributed by atoms with E-state index in [0.717, 1.165) is 25.0 Å². The van der Waals surface area contributed by atoms with Crippen LogP contribution in [-0.4, -0.2) is 18.3 Å². The van der Waals surface area contributed by atoms with Crippen molar-refractivity contribution in [3.63, 3.8) is 0 Å². The molecule has 0 radical (unpaired) electrons. The van der Waals surface area contributed by atoms with Crippen molar-refractivity contribution in [2.75, 3.05) is 18.9 Å². The summed E-state index contributed by atoms with van der Waals surface area (Å²) in [7, 11) is 0. The zero-order valence-electron chi connectivity index (χ0n) is 8.28. The number of aliphatic hydroxyl groups excluding tert-OH is 1. The molecule has 0 aliphatic heterocycles. The maximum absolute atomic E-state index is 8.57. The number of hydrogen-bond donors (Lipinski definition) is 2. The van der Waals surface area contributed by atoms with Gasteiger partial charge in [-0.25, -0.2) is 0 Å². The summed E-state index contributed by atoms with van der Waals surface area (Å²) < 4.78 is 5.48. The van der Waals surface area contributed by atoms with Crippen LogP contribution in [0.3, 0.4) is 0 Å². The summed E-state index contributed by atoms with van der Waals surface area (Å²) >= 11 is 0. The number of anilines is 1. The van der Waals surface area contributed by atoms with E-state index in [2.05, 4.69) is 0 Å². The van der Waals surface area contributed by atoms with E-state index in [1.54, 1.807) is 0 Å². The SMILES string of the molecule is Nc1ccccc1OCCCCCO. The van der Waals surface area contributed by atoms with E-state index in [1.165, 1.54) is 0 Å².